The van der Waals surface area contributed by atoms with Gasteiger partial charge in [0.2, 0.25) is 5.78 Å². The van der Waals surface area contributed by atoms with E-state index < -0.39 is 63.8 Å². The van der Waals surface area contributed by atoms with Gasteiger partial charge in [-0.25, -0.2) is 4.98 Å². The van der Waals surface area contributed by atoms with Crippen molar-refractivity contribution >= 4 is 77.9 Å². The molecule has 1 fully saturated rings. The van der Waals surface area contributed by atoms with Crippen LogP contribution in [0.5, 0.6) is 5.75 Å². The van der Waals surface area contributed by atoms with E-state index in [9.17, 15) is 34.8 Å². The molecule has 1 aromatic rings. The number of aromatic nitrogens is 1. The molecule has 3 aliphatic rings. The number of carbonyl (C=O) groups is 3. The van der Waals surface area contributed by atoms with Crippen LogP contribution in [0.4, 0.5) is 5.82 Å². The average molecular weight is 616 g/mol. The van der Waals surface area contributed by atoms with Gasteiger partial charge in [-0.05, 0) is 39.3 Å². The Bertz CT molecular complexity index is 1240. The second-order valence-corrected chi connectivity index (χ2v) is 9.70. The summed E-state index contributed by atoms with van der Waals surface area (Å²) in [6, 6.07) is -1.14. The van der Waals surface area contributed by atoms with Crippen LogP contribution in [0, 0.1) is 11.8 Å². The molecular weight excluding hydrogens is 586 g/mol. The van der Waals surface area contributed by atoms with Crippen LogP contribution in [0.2, 0.25) is 5.15 Å². The molecule has 4 atom stereocenters. The molecule has 3 aliphatic carbocycles. The molecule has 212 valence electrons. The van der Waals surface area contributed by atoms with Crippen LogP contribution in [0.3, 0.4) is 0 Å². The van der Waals surface area contributed by atoms with E-state index in [0.717, 1.165) is 6.42 Å². The third-order valence-electron chi connectivity index (χ3n) is 7.08. The van der Waals surface area contributed by atoms with Crippen LogP contribution in [0.1, 0.15) is 30.9 Å². The molecule has 1 saturated carbocycles. The molecule has 0 aliphatic heterocycles. The van der Waals surface area contributed by atoms with Crippen molar-refractivity contribution in [2.45, 2.75) is 37.8 Å². The molecule has 0 saturated heterocycles. The van der Waals surface area contributed by atoms with Gasteiger partial charge in [0.25, 0.3) is 5.91 Å². The summed E-state index contributed by atoms with van der Waals surface area (Å²) in [5.74, 6) is -7.14. The molecule has 1 heterocycles. The van der Waals surface area contributed by atoms with Crippen molar-refractivity contribution in [1.29, 1.82) is 0 Å². The van der Waals surface area contributed by atoms with Crippen LogP contribution in [-0.4, -0.2) is 80.1 Å². The fraction of sp³-hybridized carbons (Fsp3) is 0.478. The number of rotatable bonds is 5. The van der Waals surface area contributed by atoms with Gasteiger partial charge in [-0.3, -0.25) is 19.3 Å². The maximum absolute atomic E-state index is 13.8. The smallest absolute Gasteiger partial charge is 0.255 e. The van der Waals surface area contributed by atoms with Gasteiger partial charge in [-0.2, -0.15) is 0 Å². The summed E-state index contributed by atoms with van der Waals surface area (Å²) in [7, 11) is 3.08. The van der Waals surface area contributed by atoms with Crippen LogP contribution < -0.4 is 11.1 Å². The van der Waals surface area contributed by atoms with Gasteiger partial charge in [0.05, 0.1) is 11.6 Å². The topological polar surface area (TPSA) is 186 Å². The molecule has 0 aromatic carbocycles. The summed E-state index contributed by atoms with van der Waals surface area (Å²) in [5.41, 5.74) is 1.76. The fourth-order valence-electron chi connectivity index (χ4n) is 5.52. The number of pyridine rings is 1. The minimum absolute atomic E-state index is 0. The number of nitrogens with one attached hydrogen (secondary N) is 1. The first-order valence-electron chi connectivity index (χ1n) is 11.2. The number of halogens is 4. The minimum Gasteiger partial charge on any atom is -0.508 e. The molecule has 4 rings (SSSR count). The molecule has 11 nitrogen and oxygen atoms in total. The molecular formula is C23H30Cl4N4O7. The van der Waals surface area contributed by atoms with E-state index in [2.05, 4.69) is 10.3 Å². The fourth-order valence-corrected chi connectivity index (χ4v) is 5.78. The van der Waals surface area contributed by atoms with Gasteiger partial charge in [0.15, 0.2) is 23.0 Å². The first-order chi connectivity index (χ1) is 16.4. The van der Waals surface area contributed by atoms with Crippen molar-refractivity contribution in [2.75, 3.05) is 26.0 Å². The zero-order valence-electron chi connectivity index (χ0n) is 20.6. The second-order valence-electron chi connectivity index (χ2n) is 9.34. The summed E-state index contributed by atoms with van der Waals surface area (Å²) in [5, 5.41) is 47.3. The Balaban J connectivity index is 0.00000241. The lowest BCUT2D eigenvalue weighted by Gasteiger charge is -2.50. The van der Waals surface area contributed by atoms with Gasteiger partial charge in [-0.1, -0.05) is 18.5 Å². The van der Waals surface area contributed by atoms with Gasteiger partial charge >= 0.3 is 0 Å². The molecule has 0 spiro atoms. The van der Waals surface area contributed by atoms with Crippen molar-refractivity contribution < 1.29 is 34.8 Å². The number of nitrogens with zero attached hydrogens (tertiary/aromatic N) is 2. The zero-order valence-corrected chi connectivity index (χ0v) is 23.9. The Morgan fingerprint density at radius 2 is 1.82 bits per heavy atom. The van der Waals surface area contributed by atoms with Gasteiger partial charge in [-0.15, -0.1) is 37.2 Å². The summed E-state index contributed by atoms with van der Waals surface area (Å²) < 4.78 is 0. The number of fused-ring (bicyclic) bond motifs is 3. The van der Waals surface area contributed by atoms with Crippen LogP contribution in [0.25, 0.3) is 5.76 Å². The van der Waals surface area contributed by atoms with E-state index in [1.54, 1.807) is 0 Å². The number of ketones is 2. The normalized spacial score (nSPS) is 25.9. The quantitative estimate of drug-likeness (QED) is 0.211. The highest BCUT2D eigenvalue weighted by Crippen LogP contribution is 2.53. The van der Waals surface area contributed by atoms with Crippen molar-refractivity contribution in [3.05, 3.63) is 33.2 Å². The maximum atomic E-state index is 13.8. The van der Waals surface area contributed by atoms with E-state index >= 15 is 0 Å². The Labute approximate surface area is 242 Å². The Morgan fingerprint density at radius 3 is 2.34 bits per heavy atom. The monoisotopic (exact) mass is 614 g/mol. The number of anilines is 1. The van der Waals surface area contributed by atoms with E-state index in [4.69, 9.17) is 17.3 Å². The molecule has 38 heavy (non-hydrogen) atoms. The lowest BCUT2D eigenvalue weighted by Crippen LogP contribution is -2.65. The zero-order chi connectivity index (χ0) is 26.0. The standard InChI is InChI=1S/C23H27ClN4O7.3ClH/c1-4-5-26-22-17(31)12-9(20(24)27-22)6-8-7-10-14(28(2)3)16(30)13(21(25)34)19(33)23(10,35)18(32)11(8)15(12)29;;;/h8,10,14,29,31,33,35H,4-7H2,1-3H3,(H2,25,34)(H,26,27);3*1H/t8-,10-,14-,23-;;;/m0.../s1. The Hall–Kier alpha value is -2.28. The van der Waals surface area contributed by atoms with Crippen LogP contribution >= 0.6 is 48.8 Å². The number of aliphatic hydroxyl groups excluding tert-OH is 2. The number of hydrogen-bond acceptors (Lipinski definition) is 10. The molecule has 0 unspecified atom stereocenters. The number of primary amides is 1. The number of Topliss-reactive ketones (excluding diaryl/α,β-unsaturated/α-hetero) is 2. The van der Waals surface area contributed by atoms with Gasteiger partial charge in [0.1, 0.15) is 22.2 Å². The van der Waals surface area contributed by atoms with Gasteiger partial charge in [0, 0.05) is 23.6 Å². The first kappa shape index (κ1) is 33.7. The number of amides is 1. The van der Waals surface area contributed by atoms with Gasteiger partial charge < -0.3 is 31.5 Å². The van der Waals surface area contributed by atoms with E-state index in [1.807, 2.05) is 6.92 Å². The van der Waals surface area contributed by atoms with Crippen LogP contribution in [-0.2, 0) is 20.8 Å². The van der Waals surface area contributed by atoms with E-state index in [-0.39, 0.29) is 72.2 Å². The number of likely N-dealkylation sites (N-methyl/N-ethyl adjacent to an activating group) is 1. The second kappa shape index (κ2) is 11.8. The summed E-state index contributed by atoms with van der Waals surface area (Å²) >= 11 is 6.38. The largest absolute Gasteiger partial charge is 0.508 e. The summed E-state index contributed by atoms with van der Waals surface area (Å²) in [6.45, 7) is 2.37. The Kier molecular flexibility index (Phi) is 10.5. The maximum Gasteiger partial charge on any atom is 0.255 e. The van der Waals surface area contributed by atoms with Crippen molar-refractivity contribution in [3.8, 4) is 5.75 Å². The number of carbonyl (C=O) groups excluding carboxylic acids is 3. The highest BCUT2D eigenvalue weighted by atomic mass is 35.5. The summed E-state index contributed by atoms with van der Waals surface area (Å²) in [6.07, 6.45) is 0.790. The number of aromatic hydroxyl groups is 1. The third kappa shape index (κ3) is 4.69. The molecule has 0 radical (unpaired) electrons. The lowest BCUT2D eigenvalue weighted by molar-refractivity contribution is -0.153. The predicted molar refractivity (Wildman–Crippen MR) is 148 cm³/mol. The highest BCUT2D eigenvalue weighted by molar-refractivity contribution is 6.31. The van der Waals surface area contributed by atoms with Crippen molar-refractivity contribution in [2.24, 2.45) is 17.6 Å². The molecule has 1 amide bonds. The number of nitrogens with two attached hydrogens (primary N) is 1. The van der Waals surface area contributed by atoms with Crippen LogP contribution in [0.15, 0.2) is 16.9 Å². The average Bonchev–Trinajstić information content (AvgIpc) is 2.77. The summed E-state index contributed by atoms with van der Waals surface area (Å²) in [4.78, 5) is 44.4. The molecule has 7 N–H and O–H groups in total. The van der Waals surface area contributed by atoms with Crippen molar-refractivity contribution in [3.63, 3.8) is 0 Å². The predicted octanol–water partition coefficient (Wildman–Crippen LogP) is 2.10. The third-order valence-corrected chi connectivity index (χ3v) is 7.39. The number of hydrogen-bond donors (Lipinski definition) is 6. The number of aliphatic hydroxyl groups is 3. The lowest BCUT2D eigenvalue weighted by atomic mass is 9.57. The van der Waals surface area contributed by atoms with E-state index in [1.165, 1.54) is 19.0 Å². The molecule has 15 heteroatoms. The first-order valence-corrected chi connectivity index (χ1v) is 11.6. The molecule has 0 bridgehead atoms. The SMILES string of the molecule is CCCNc1nc(Cl)c2c(c1O)C(O)=C1C(=O)[C@]3(O)C(O)=C(C(N)=O)C(=O)[C@@H](N(C)C)[C@@H]3C[C@@H]1C2.Cl.Cl.Cl. The van der Waals surface area contributed by atoms with Crippen molar-refractivity contribution in [1.82, 2.24) is 9.88 Å². The Morgan fingerprint density at radius 1 is 1.21 bits per heavy atom. The highest BCUT2D eigenvalue weighted by Gasteiger charge is 2.64. The molecule has 1 aromatic heterocycles. The van der Waals surface area contributed by atoms with E-state index in [0.29, 0.717) is 12.1 Å². The minimum atomic E-state index is -2.68.